The smallest absolute Gasteiger partial charge is 0.277 e. The van der Waals surface area contributed by atoms with Gasteiger partial charge in [0.15, 0.2) is 5.01 Å². The molecule has 1 rings (SSSR count). The van der Waals surface area contributed by atoms with Crippen molar-refractivity contribution < 1.29 is 4.79 Å². The first kappa shape index (κ1) is 7.67. The Kier molecular flexibility index (Phi) is 1.86. The zero-order valence-corrected chi connectivity index (χ0v) is 6.31. The molecule has 1 aromatic rings. The molecule has 58 valence electrons. The van der Waals surface area contributed by atoms with Gasteiger partial charge in [-0.2, -0.15) is 0 Å². The topological polar surface area (TPSA) is 106 Å². The number of carbonyl (C=O) groups excluding carboxylic acids is 1. The van der Waals surface area contributed by atoms with Gasteiger partial charge in [0.1, 0.15) is 11.5 Å². The maximum Gasteiger partial charge on any atom is 0.277 e. The molecule has 0 aliphatic heterocycles. The van der Waals surface area contributed by atoms with Crippen molar-refractivity contribution in [2.24, 2.45) is 11.5 Å². The van der Waals surface area contributed by atoms with E-state index < -0.39 is 5.91 Å². The molecule has 0 aromatic carbocycles. The van der Waals surface area contributed by atoms with Gasteiger partial charge in [-0.15, -0.1) is 11.3 Å². The number of carbonyl (C=O) groups is 1. The fraction of sp³-hybridized carbons (Fsp3) is 0. The number of thiazole rings is 1. The first-order valence-electron chi connectivity index (χ1n) is 2.71. The molecule has 0 aliphatic carbocycles. The maximum atomic E-state index is 10.5. The molecule has 0 spiro atoms. The maximum absolute atomic E-state index is 10.5. The van der Waals surface area contributed by atoms with E-state index in [0.29, 0.717) is 5.69 Å². The lowest BCUT2D eigenvalue weighted by Crippen LogP contribution is -2.14. The molecule has 11 heavy (non-hydrogen) atoms. The van der Waals surface area contributed by atoms with E-state index in [1.807, 2.05) is 0 Å². The average molecular weight is 170 g/mol. The summed E-state index contributed by atoms with van der Waals surface area (Å²) in [6, 6.07) is 0. The van der Waals surface area contributed by atoms with Crippen molar-refractivity contribution in [3.05, 3.63) is 16.1 Å². The molecule has 1 aromatic heterocycles. The number of aromatic nitrogens is 1. The second-order valence-corrected chi connectivity index (χ2v) is 2.67. The number of primary amides is 1. The third kappa shape index (κ3) is 1.53. The fourth-order valence-corrected chi connectivity index (χ4v) is 1.18. The summed E-state index contributed by atoms with van der Waals surface area (Å²) >= 11 is 1.08. The van der Waals surface area contributed by atoms with Crippen LogP contribution in [0.15, 0.2) is 5.38 Å². The molecule has 0 bridgehead atoms. The highest BCUT2D eigenvalue weighted by atomic mass is 32.1. The van der Waals surface area contributed by atoms with Crippen molar-refractivity contribution in [2.45, 2.75) is 0 Å². The van der Waals surface area contributed by atoms with Crippen LogP contribution in [0.3, 0.4) is 0 Å². The molecule has 0 aliphatic rings. The van der Waals surface area contributed by atoms with Gasteiger partial charge in [0.25, 0.3) is 5.91 Å². The van der Waals surface area contributed by atoms with Crippen LogP contribution in [0.4, 0.5) is 0 Å². The van der Waals surface area contributed by atoms with Crippen molar-refractivity contribution in [3.63, 3.8) is 0 Å². The third-order valence-electron chi connectivity index (χ3n) is 0.991. The van der Waals surface area contributed by atoms with Crippen molar-refractivity contribution in [2.75, 3.05) is 0 Å². The molecule has 1 heterocycles. The standard InChI is InChI=1S/C5H6N4OS/c6-3(7)2-1-11-5(9-2)4(8)10/h1H,(H3,6,7)(H2,8,10). The first-order chi connectivity index (χ1) is 5.11. The van der Waals surface area contributed by atoms with Crippen LogP contribution >= 0.6 is 11.3 Å². The van der Waals surface area contributed by atoms with Crippen LogP contribution in [0.2, 0.25) is 0 Å². The van der Waals surface area contributed by atoms with E-state index in [1.165, 1.54) is 5.38 Å². The van der Waals surface area contributed by atoms with E-state index in [4.69, 9.17) is 16.9 Å². The minimum absolute atomic E-state index is 0.159. The van der Waals surface area contributed by atoms with Gasteiger partial charge in [-0.05, 0) is 0 Å². The molecule has 0 fully saturated rings. The summed E-state index contributed by atoms with van der Waals surface area (Å²) in [5, 5.41) is 8.65. The van der Waals surface area contributed by atoms with E-state index in [-0.39, 0.29) is 10.8 Å². The van der Waals surface area contributed by atoms with Gasteiger partial charge in [0.05, 0.1) is 0 Å². The number of amidine groups is 1. The summed E-state index contributed by atoms with van der Waals surface area (Å²) in [5.74, 6) is -0.753. The van der Waals surface area contributed by atoms with Crippen LogP contribution in [0.25, 0.3) is 0 Å². The number of nitrogens with one attached hydrogen (secondary N) is 1. The second kappa shape index (κ2) is 2.67. The van der Waals surface area contributed by atoms with Crippen LogP contribution in [0.1, 0.15) is 15.5 Å². The Balaban J connectivity index is 2.99. The van der Waals surface area contributed by atoms with Gasteiger partial charge in [0.2, 0.25) is 0 Å². The molecule has 1 amide bonds. The molecule has 6 heteroatoms. The predicted octanol–water partition coefficient (Wildman–Crippen LogP) is -0.474. The molecule has 5 N–H and O–H groups in total. The zero-order valence-electron chi connectivity index (χ0n) is 5.50. The van der Waals surface area contributed by atoms with Gasteiger partial charge in [-0.3, -0.25) is 10.2 Å². The monoisotopic (exact) mass is 170 g/mol. The Morgan fingerprint density at radius 2 is 2.27 bits per heavy atom. The van der Waals surface area contributed by atoms with Crippen molar-refractivity contribution in [1.29, 1.82) is 5.41 Å². The summed E-state index contributed by atoms with van der Waals surface area (Å²) in [5.41, 5.74) is 10.3. The Bertz CT molecular complexity index is 277. The Hall–Kier alpha value is -1.43. The Labute approximate surface area is 66.5 Å². The van der Waals surface area contributed by atoms with Gasteiger partial charge in [-0.1, -0.05) is 0 Å². The molecular formula is C5H6N4OS. The highest BCUT2D eigenvalue weighted by Crippen LogP contribution is 2.07. The SMILES string of the molecule is N=C(N)c1csc(C(N)=O)n1. The first-order valence-corrected chi connectivity index (χ1v) is 3.59. The summed E-state index contributed by atoms with van der Waals surface area (Å²) in [7, 11) is 0. The summed E-state index contributed by atoms with van der Waals surface area (Å²) in [4.78, 5) is 14.2. The van der Waals surface area contributed by atoms with Crippen LogP contribution < -0.4 is 11.5 Å². The van der Waals surface area contributed by atoms with E-state index in [1.54, 1.807) is 0 Å². The number of nitrogen functional groups attached to an aromatic ring is 1. The highest BCUT2D eigenvalue weighted by Gasteiger charge is 2.07. The number of rotatable bonds is 2. The van der Waals surface area contributed by atoms with Gasteiger partial charge in [-0.25, -0.2) is 4.98 Å². The van der Waals surface area contributed by atoms with Crippen LogP contribution in [0.5, 0.6) is 0 Å². The predicted molar refractivity (Wildman–Crippen MR) is 41.6 cm³/mol. The molecule has 0 unspecified atom stereocenters. The molecule has 0 radical (unpaired) electrons. The lowest BCUT2D eigenvalue weighted by molar-refractivity contribution is 0.1000. The van der Waals surface area contributed by atoms with E-state index in [9.17, 15) is 4.79 Å². The lowest BCUT2D eigenvalue weighted by atomic mass is 10.5. The second-order valence-electron chi connectivity index (χ2n) is 1.82. The number of nitrogens with two attached hydrogens (primary N) is 2. The van der Waals surface area contributed by atoms with Crippen LogP contribution in [-0.2, 0) is 0 Å². The quantitative estimate of drug-likeness (QED) is 0.412. The van der Waals surface area contributed by atoms with Gasteiger partial charge < -0.3 is 11.5 Å². The minimum atomic E-state index is -0.595. The molecule has 0 saturated carbocycles. The lowest BCUT2D eigenvalue weighted by Gasteiger charge is -1.86. The Morgan fingerprint density at radius 1 is 1.64 bits per heavy atom. The molecule has 0 atom stereocenters. The summed E-state index contributed by atoms with van der Waals surface area (Å²) in [6.45, 7) is 0. The number of amides is 1. The van der Waals surface area contributed by atoms with Crippen molar-refractivity contribution in [3.8, 4) is 0 Å². The van der Waals surface area contributed by atoms with E-state index >= 15 is 0 Å². The Morgan fingerprint density at radius 3 is 2.55 bits per heavy atom. The largest absolute Gasteiger partial charge is 0.382 e. The van der Waals surface area contributed by atoms with Crippen LogP contribution in [0, 0.1) is 5.41 Å². The van der Waals surface area contributed by atoms with Crippen molar-refractivity contribution in [1.82, 2.24) is 4.98 Å². The summed E-state index contributed by atoms with van der Waals surface area (Å²) < 4.78 is 0. The molecular weight excluding hydrogens is 164 g/mol. The molecule has 5 nitrogen and oxygen atoms in total. The highest BCUT2D eigenvalue weighted by molar-refractivity contribution is 7.11. The van der Waals surface area contributed by atoms with E-state index in [2.05, 4.69) is 4.98 Å². The van der Waals surface area contributed by atoms with Gasteiger partial charge in [0, 0.05) is 5.38 Å². The normalized spacial score (nSPS) is 9.45. The molecule has 0 saturated heterocycles. The number of hydrogen-bond donors (Lipinski definition) is 3. The average Bonchev–Trinajstić information content (AvgIpc) is 2.33. The van der Waals surface area contributed by atoms with Crippen molar-refractivity contribution >= 4 is 23.1 Å². The minimum Gasteiger partial charge on any atom is -0.382 e. The van der Waals surface area contributed by atoms with Crippen LogP contribution in [-0.4, -0.2) is 16.7 Å². The number of hydrogen-bond acceptors (Lipinski definition) is 4. The third-order valence-corrected chi connectivity index (χ3v) is 1.85. The summed E-state index contributed by atoms with van der Waals surface area (Å²) in [6.07, 6.45) is 0. The zero-order chi connectivity index (χ0) is 8.43. The fourth-order valence-electron chi connectivity index (χ4n) is 0.511. The van der Waals surface area contributed by atoms with Gasteiger partial charge >= 0.3 is 0 Å². The van der Waals surface area contributed by atoms with E-state index in [0.717, 1.165) is 11.3 Å². The number of nitrogens with zero attached hydrogens (tertiary/aromatic N) is 1.